The van der Waals surface area contributed by atoms with Gasteiger partial charge in [-0.2, -0.15) is 0 Å². The lowest BCUT2D eigenvalue weighted by Gasteiger charge is -2.01. The molecular weight excluding hydrogens is 148 g/mol. The molecule has 0 aromatic rings. The summed E-state index contributed by atoms with van der Waals surface area (Å²) in [6.07, 6.45) is -0.502. The van der Waals surface area contributed by atoms with Crippen molar-refractivity contribution in [1.82, 2.24) is 0 Å². The van der Waals surface area contributed by atoms with Gasteiger partial charge in [0, 0.05) is 0 Å². The third kappa shape index (κ3) is 12.3. The maximum absolute atomic E-state index is 10.5. The van der Waals surface area contributed by atoms with Gasteiger partial charge in [-0.05, 0) is 13.8 Å². The quantitative estimate of drug-likeness (QED) is 0.599. The lowest BCUT2D eigenvalue weighted by molar-refractivity contribution is -0.145. The van der Waals surface area contributed by atoms with Crippen molar-refractivity contribution in [2.75, 3.05) is 6.61 Å². The van der Waals surface area contributed by atoms with Crippen molar-refractivity contribution in [3.05, 3.63) is 0 Å². The average Bonchev–Trinajstić information content (AvgIpc) is 1.91. The minimum atomic E-state index is -0.593. The Labute approximate surface area is 66.2 Å². The summed E-state index contributed by atoms with van der Waals surface area (Å²) in [4.78, 5) is 18.5. The van der Waals surface area contributed by atoms with Crippen LogP contribution in [0.15, 0.2) is 0 Å². The number of rotatable bonds is 3. The first-order valence-corrected chi connectivity index (χ1v) is 3.29. The van der Waals surface area contributed by atoms with E-state index in [0.29, 0.717) is 6.61 Å². The van der Waals surface area contributed by atoms with Crippen molar-refractivity contribution in [2.45, 2.75) is 26.4 Å². The number of aliphatic hydroxyl groups excluding tert-OH is 1. The lowest BCUT2D eigenvalue weighted by atomic mass is 10.3. The Morgan fingerprint density at radius 3 is 2.36 bits per heavy atom. The summed E-state index contributed by atoms with van der Waals surface area (Å²) in [5.74, 6) is -0.340. The largest absolute Gasteiger partial charge is 0.466 e. The van der Waals surface area contributed by atoms with Crippen LogP contribution in [-0.2, 0) is 14.3 Å². The SMILES string of the molecule is C=O.CCOC(=O)CC(C)O. The van der Waals surface area contributed by atoms with E-state index in [0.717, 1.165) is 0 Å². The minimum absolute atomic E-state index is 0.0911. The summed E-state index contributed by atoms with van der Waals surface area (Å²) in [7, 11) is 0. The molecule has 1 N–H and O–H groups in total. The van der Waals surface area contributed by atoms with E-state index in [-0.39, 0.29) is 12.4 Å². The van der Waals surface area contributed by atoms with Gasteiger partial charge in [-0.25, -0.2) is 0 Å². The Bertz CT molecular complexity index is 101. The van der Waals surface area contributed by atoms with E-state index in [1.165, 1.54) is 0 Å². The molecule has 0 radical (unpaired) electrons. The molecule has 0 heterocycles. The highest BCUT2D eigenvalue weighted by atomic mass is 16.5. The lowest BCUT2D eigenvalue weighted by Crippen LogP contribution is -2.11. The molecule has 0 spiro atoms. The Hall–Kier alpha value is -0.900. The zero-order chi connectivity index (χ0) is 9.28. The maximum Gasteiger partial charge on any atom is 0.308 e. The molecule has 0 rings (SSSR count). The van der Waals surface area contributed by atoms with Crippen LogP contribution in [0.5, 0.6) is 0 Å². The number of aliphatic hydroxyl groups is 1. The highest BCUT2D eigenvalue weighted by Crippen LogP contribution is 1.91. The topological polar surface area (TPSA) is 63.6 Å². The molecule has 0 aromatic carbocycles. The van der Waals surface area contributed by atoms with Crippen LogP contribution in [0.2, 0.25) is 0 Å². The molecule has 4 nitrogen and oxygen atoms in total. The molecule has 0 bridgehead atoms. The molecule has 66 valence electrons. The number of esters is 1. The second kappa shape index (κ2) is 9.10. The van der Waals surface area contributed by atoms with Crippen LogP contribution in [0.4, 0.5) is 0 Å². The molecule has 0 aliphatic rings. The Morgan fingerprint density at radius 1 is 1.64 bits per heavy atom. The summed E-state index contributed by atoms with van der Waals surface area (Å²) < 4.78 is 4.55. The zero-order valence-corrected chi connectivity index (χ0v) is 6.87. The van der Waals surface area contributed by atoms with Gasteiger partial charge in [0.15, 0.2) is 0 Å². The highest BCUT2D eigenvalue weighted by molar-refractivity contribution is 5.69. The van der Waals surface area contributed by atoms with Crippen LogP contribution >= 0.6 is 0 Å². The van der Waals surface area contributed by atoms with Crippen molar-refractivity contribution < 1.29 is 19.4 Å². The van der Waals surface area contributed by atoms with Crippen LogP contribution in [-0.4, -0.2) is 30.6 Å². The van der Waals surface area contributed by atoms with Crippen molar-refractivity contribution in [2.24, 2.45) is 0 Å². The molecular formula is C7H14O4. The van der Waals surface area contributed by atoms with Gasteiger partial charge in [0.1, 0.15) is 6.79 Å². The van der Waals surface area contributed by atoms with Gasteiger partial charge < -0.3 is 14.6 Å². The van der Waals surface area contributed by atoms with Gasteiger partial charge >= 0.3 is 5.97 Å². The molecule has 0 saturated carbocycles. The standard InChI is InChI=1S/C6H12O3.CH2O/c1-3-9-6(8)4-5(2)7;1-2/h5,7H,3-4H2,1-2H3;1H2. The van der Waals surface area contributed by atoms with Crippen LogP contribution in [0, 0.1) is 0 Å². The van der Waals surface area contributed by atoms with Crippen LogP contribution in [0.1, 0.15) is 20.3 Å². The van der Waals surface area contributed by atoms with E-state index in [1.807, 2.05) is 6.79 Å². The van der Waals surface area contributed by atoms with E-state index in [2.05, 4.69) is 4.74 Å². The molecule has 1 unspecified atom stereocenters. The van der Waals surface area contributed by atoms with Crippen molar-refractivity contribution in [3.63, 3.8) is 0 Å². The monoisotopic (exact) mass is 162 g/mol. The summed E-state index contributed by atoms with van der Waals surface area (Å²) in [6, 6.07) is 0. The number of hydrogen-bond donors (Lipinski definition) is 1. The average molecular weight is 162 g/mol. The molecule has 4 heteroatoms. The number of carbonyl (C=O) groups excluding carboxylic acids is 2. The molecule has 0 fully saturated rings. The van der Waals surface area contributed by atoms with Crippen molar-refractivity contribution >= 4 is 12.8 Å². The van der Waals surface area contributed by atoms with Gasteiger partial charge in [0.25, 0.3) is 0 Å². The third-order valence-electron chi connectivity index (χ3n) is 0.767. The van der Waals surface area contributed by atoms with Crippen molar-refractivity contribution in [3.8, 4) is 0 Å². The van der Waals surface area contributed by atoms with Crippen LogP contribution < -0.4 is 0 Å². The summed E-state index contributed by atoms with van der Waals surface area (Å²) in [5, 5.41) is 8.65. The Kier molecular flexibility index (Phi) is 10.5. The van der Waals surface area contributed by atoms with Crippen LogP contribution in [0.25, 0.3) is 0 Å². The van der Waals surface area contributed by atoms with Gasteiger partial charge in [0.05, 0.1) is 19.1 Å². The first-order chi connectivity index (χ1) is 5.16. The second-order valence-electron chi connectivity index (χ2n) is 1.86. The fraction of sp³-hybridized carbons (Fsp3) is 0.714. The number of hydrogen-bond acceptors (Lipinski definition) is 4. The van der Waals surface area contributed by atoms with E-state index >= 15 is 0 Å². The second-order valence-corrected chi connectivity index (χ2v) is 1.86. The molecule has 11 heavy (non-hydrogen) atoms. The molecule has 0 aliphatic heterocycles. The third-order valence-corrected chi connectivity index (χ3v) is 0.767. The first kappa shape index (κ1) is 12.7. The minimum Gasteiger partial charge on any atom is -0.466 e. The fourth-order valence-corrected chi connectivity index (χ4v) is 0.461. The fourth-order valence-electron chi connectivity index (χ4n) is 0.461. The Balaban J connectivity index is 0. The van der Waals surface area contributed by atoms with Gasteiger partial charge in [-0.3, -0.25) is 4.79 Å². The number of carbonyl (C=O) groups is 2. The normalized spacial score (nSPS) is 10.8. The van der Waals surface area contributed by atoms with E-state index < -0.39 is 6.10 Å². The predicted molar refractivity (Wildman–Crippen MR) is 40.1 cm³/mol. The maximum atomic E-state index is 10.5. The summed E-state index contributed by atoms with van der Waals surface area (Å²) >= 11 is 0. The molecule has 0 saturated heterocycles. The van der Waals surface area contributed by atoms with Gasteiger partial charge in [-0.1, -0.05) is 0 Å². The van der Waals surface area contributed by atoms with Gasteiger partial charge in [0.2, 0.25) is 0 Å². The van der Waals surface area contributed by atoms with E-state index in [9.17, 15) is 4.79 Å². The van der Waals surface area contributed by atoms with Crippen molar-refractivity contribution in [1.29, 1.82) is 0 Å². The molecule has 0 aliphatic carbocycles. The Morgan fingerprint density at radius 2 is 2.09 bits per heavy atom. The van der Waals surface area contributed by atoms with E-state index in [1.54, 1.807) is 13.8 Å². The summed E-state index contributed by atoms with van der Waals surface area (Å²) in [6.45, 7) is 5.67. The molecule has 0 amide bonds. The van der Waals surface area contributed by atoms with Gasteiger partial charge in [-0.15, -0.1) is 0 Å². The molecule has 0 aromatic heterocycles. The molecule has 1 atom stereocenters. The van der Waals surface area contributed by atoms with E-state index in [4.69, 9.17) is 9.90 Å². The smallest absolute Gasteiger partial charge is 0.308 e. The first-order valence-electron chi connectivity index (χ1n) is 3.29. The summed E-state index contributed by atoms with van der Waals surface area (Å²) in [5.41, 5.74) is 0. The predicted octanol–water partition coefficient (Wildman–Crippen LogP) is 0.136. The zero-order valence-electron chi connectivity index (χ0n) is 6.87. The highest BCUT2D eigenvalue weighted by Gasteiger charge is 2.04. The van der Waals surface area contributed by atoms with Crippen LogP contribution in [0.3, 0.4) is 0 Å². The number of ether oxygens (including phenoxy) is 1.